The molecule has 2 aliphatic heterocycles. The molecule has 0 aromatic heterocycles. The van der Waals surface area contributed by atoms with Gasteiger partial charge in [0.25, 0.3) is 0 Å². The van der Waals surface area contributed by atoms with Crippen LogP contribution in [0.1, 0.15) is 211 Å². The Kier molecular flexibility index (Phi) is 16.7. The van der Waals surface area contributed by atoms with Crippen molar-refractivity contribution < 1.29 is 37.0 Å². The van der Waals surface area contributed by atoms with Crippen molar-refractivity contribution in [3.63, 3.8) is 0 Å². The molecule has 0 saturated heterocycles. The van der Waals surface area contributed by atoms with Crippen molar-refractivity contribution in [3.05, 3.63) is 93.0 Å². The van der Waals surface area contributed by atoms with Gasteiger partial charge in [-0.3, -0.25) is 0 Å². The van der Waals surface area contributed by atoms with Gasteiger partial charge in [-0.15, -0.1) is 0 Å². The van der Waals surface area contributed by atoms with Crippen LogP contribution in [-0.2, 0) is 52.5 Å². The summed E-state index contributed by atoms with van der Waals surface area (Å²) in [6.45, 7) is 50.9. The van der Waals surface area contributed by atoms with Gasteiger partial charge in [-0.1, -0.05) is 214 Å². The second-order valence-corrected chi connectivity index (χ2v) is 31.6. The van der Waals surface area contributed by atoms with E-state index in [-0.39, 0.29) is 66.4 Å². The standard InChI is InChI=1S/2C28H41O4PS.Mg/c2*1-25(2,3)17-13-19(27(7,8)9)23-21(15-17)34-22-16-18(26(4,5)6)14-20(28(10,11)12)24(22)32-33(29,30)31-23;/h2*13-16H,1-12H3,(H,29,30);/q;;+2/p-2. The van der Waals surface area contributed by atoms with Gasteiger partial charge in [-0.05, 0) is 89.8 Å². The van der Waals surface area contributed by atoms with Gasteiger partial charge in [0.05, 0.1) is 19.6 Å². The molecule has 6 rings (SSSR count). The zero-order valence-electron chi connectivity index (χ0n) is 46.3. The molecule has 69 heavy (non-hydrogen) atoms. The zero-order valence-corrected chi connectivity index (χ0v) is 51.1. The van der Waals surface area contributed by atoms with Crippen LogP contribution in [0.15, 0.2) is 68.1 Å². The van der Waals surface area contributed by atoms with Gasteiger partial charge in [0.15, 0.2) is 0 Å². The predicted molar refractivity (Wildman–Crippen MR) is 287 cm³/mol. The minimum atomic E-state index is -4.69. The third-order valence-electron chi connectivity index (χ3n) is 12.2. The average Bonchev–Trinajstić information content (AvgIpc) is 3.08. The monoisotopic (exact) mass is 1030 g/mol. The van der Waals surface area contributed by atoms with Gasteiger partial charge < -0.3 is 27.9 Å². The summed E-state index contributed by atoms with van der Waals surface area (Å²) in [6.07, 6.45) is 0. The number of hydrogen-bond acceptors (Lipinski definition) is 10. The van der Waals surface area contributed by atoms with Crippen molar-refractivity contribution in [1.82, 2.24) is 0 Å². The maximum Gasteiger partial charge on any atom is 2.00 e. The number of fused-ring (bicyclic) bond motifs is 4. The van der Waals surface area contributed by atoms with Gasteiger partial charge >= 0.3 is 38.7 Å². The average molecular weight is 1030 g/mol. The van der Waals surface area contributed by atoms with Crippen LogP contribution in [0.3, 0.4) is 0 Å². The van der Waals surface area contributed by atoms with Crippen LogP contribution >= 0.6 is 39.2 Å². The van der Waals surface area contributed by atoms with E-state index in [1.165, 1.54) is 23.5 Å². The van der Waals surface area contributed by atoms with E-state index in [1.54, 1.807) is 0 Å². The number of benzene rings is 4. The zero-order chi connectivity index (χ0) is 52.1. The number of rotatable bonds is 0. The van der Waals surface area contributed by atoms with Crippen LogP contribution in [0.5, 0.6) is 23.0 Å². The number of phosphoric acid groups is 2. The second-order valence-electron chi connectivity index (χ2n) is 26.9. The van der Waals surface area contributed by atoms with Crippen molar-refractivity contribution in [1.29, 1.82) is 0 Å². The van der Waals surface area contributed by atoms with Crippen LogP contribution in [0, 0.1) is 0 Å². The van der Waals surface area contributed by atoms with Crippen LogP contribution in [0.2, 0.25) is 0 Å². The third kappa shape index (κ3) is 14.2. The Labute approximate surface area is 441 Å². The molecule has 0 spiro atoms. The van der Waals surface area contributed by atoms with Crippen molar-refractivity contribution in [3.8, 4) is 23.0 Å². The molecule has 0 aliphatic carbocycles. The molecule has 0 bridgehead atoms. The first kappa shape index (κ1) is 59.5. The molecule has 0 radical (unpaired) electrons. The molecule has 8 nitrogen and oxygen atoms in total. The van der Waals surface area contributed by atoms with E-state index in [9.17, 15) is 18.9 Å². The van der Waals surface area contributed by atoms with E-state index in [4.69, 9.17) is 18.1 Å². The Bertz CT molecular complexity index is 2330. The van der Waals surface area contributed by atoms with E-state index in [1.807, 2.05) is 0 Å². The van der Waals surface area contributed by atoms with E-state index < -0.39 is 15.6 Å². The molecule has 4 aromatic rings. The molecule has 0 saturated carbocycles. The van der Waals surface area contributed by atoms with E-state index in [0.717, 1.165) is 64.1 Å². The Balaban J connectivity index is 0.000000296. The molecule has 4 aromatic carbocycles. The molecule has 0 amide bonds. The normalized spacial score (nSPS) is 16.3. The SMILES string of the molecule is CC(C)(C)c1cc2c(c(C(C)(C)C)c1)OP(=O)([O-])Oc1c(cc(C(C)(C)C)cc1C(C)(C)C)S2.CC(C)(C)c1cc2c(c(C(C)(C)C)c1)OP(=O)([O-])Oc1c(cc(C(C)(C)C)cc1C(C)(C)C)S2.[Mg+2]. The molecule has 376 valence electrons. The summed E-state index contributed by atoms with van der Waals surface area (Å²) in [7, 11) is -9.38. The fraction of sp³-hybridized carbons (Fsp3) is 0.571. The predicted octanol–water partition coefficient (Wildman–Crippen LogP) is 16.2. The van der Waals surface area contributed by atoms with Gasteiger partial charge in [-0.2, -0.15) is 0 Å². The van der Waals surface area contributed by atoms with Crippen LogP contribution in [0.25, 0.3) is 0 Å². The fourth-order valence-electron chi connectivity index (χ4n) is 7.77. The Hall–Kier alpha value is -2.07. The molecule has 2 aliphatic rings. The minimum absolute atomic E-state index is 0. The quantitative estimate of drug-likeness (QED) is 0.124. The maximum atomic E-state index is 13.2. The summed E-state index contributed by atoms with van der Waals surface area (Å²) in [6, 6.07) is 16.6. The Morgan fingerprint density at radius 3 is 0.609 bits per heavy atom. The molecule has 13 heteroatoms. The van der Waals surface area contributed by atoms with Gasteiger partial charge in [0, 0.05) is 22.3 Å². The first-order valence-corrected chi connectivity index (χ1v) is 28.3. The summed E-state index contributed by atoms with van der Waals surface area (Å²) in [5.41, 5.74) is 6.25. The first-order valence-electron chi connectivity index (χ1n) is 23.7. The summed E-state index contributed by atoms with van der Waals surface area (Å²) in [5, 5.41) is 0. The molecule has 0 N–H and O–H groups in total. The Morgan fingerprint density at radius 1 is 0.319 bits per heavy atom. The second kappa shape index (κ2) is 19.3. The molecule has 0 unspecified atom stereocenters. The van der Waals surface area contributed by atoms with E-state index >= 15 is 0 Å². The molecule has 0 atom stereocenters. The minimum Gasteiger partial charge on any atom is -0.736 e. The summed E-state index contributed by atoms with van der Waals surface area (Å²) >= 11 is 3.06. The molecular weight excluding hydrogens is 951 g/mol. The van der Waals surface area contributed by atoms with Gasteiger partial charge in [0.1, 0.15) is 23.0 Å². The van der Waals surface area contributed by atoms with E-state index in [2.05, 4.69) is 215 Å². The number of phosphoric ester groups is 2. The van der Waals surface area contributed by atoms with Crippen molar-refractivity contribution in [2.45, 2.75) is 229 Å². The molecule has 2 heterocycles. The molecule has 0 fully saturated rings. The summed E-state index contributed by atoms with van der Waals surface area (Å²) in [4.78, 5) is 29.7. The van der Waals surface area contributed by atoms with Crippen molar-refractivity contribution in [2.24, 2.45) is 0 Å². The first-order chi connectivity index (χ1) is 30.2. The largest absolute Gasteiger partial charge is 2.00 e. The van der Waals surface area contributed by atoms with Crippen molar-refractivity contribution >= 4 is 62.2 Å². The number of hydrogen-bond donors (Lipinski definition) is 0. The fourth-order valence-corrected chi connectivity index (χ4v) is 12.0. The van der Waals surface area contributed by atoms with Crippen LogP contribution in [0.4, 0.5) is 0 Å². The van der Waals surface area contributed by atoms with Crippen LogP contribution in [-0.4, -0.2) is 23.1 Å². The third-order valence-corrected chi connectivity index (χ3v) is 15.9. The topological polar surface area (TPSA) is 117 Å². The van der Waals surface area contributed by atoms with Gasteiger partial charge in [0.2, 0.25) is 0 Å². The van der Waals surface area contributed by atoms with E-state index in [0.29, 0.717) is 23.0 Å². The Morgan fingerprint density at radius 2 is 0.478 bits per heavy atom. The van der Waals surface area contributed by atoms with Crippen molar-refractivity contribution in [2.75, 3.05) is 0 Å². The maximum absolute atomic E-state index is 13.2. The molecular formula is C56H80MgO8P2S2. The summed E-state index contributed by atoms with van der Waals surface area (Å²) in [5.74, 6) is 1.47. The smallest absolute Gasteiger partial charge is 0.736 e. The van der Waals surface area contributed by atoms with Crippen LogP contribution < -0.4 is 27.9 Å². The van der Waals surface area contributed by atoms with Gasteiger partial charge in [-0.25, -0.2) is 9.13 Å². The summed E-state index contributed by atoms with van der Waals surface area (Å²) < 4.78 is 49.4.